The lowest BCUT2D eigenvalue weighted by atomic mass is 9.90. The van der Waals surface area contributed by atoms with E-state index in [2.05, 4.69) is 33.9 Å². The van der Waals surface area contributed by atoms with Gasteiger partial charge >= 0.3 is 0 Å². The van der Waals surface area contributed by atoms with Gasteiger partial charge in [0.25, 0.3) is 0 Å². The Balaban J connectivity index is 3.13. The van der Waals surface area contributed by atoms with E-state index in [9.17, 15) is 10.2 Å². The highest BCUT2D eigenvalue weighted by Crippen LogP contribution is 2.42. The fourth-order valence-corrected chi connectivity index (χ4v) is 3.57. The summed E-state index contributed by atoms with van der Waals surface area (Å²) in [6, 6.07) is 10.0. The van der Waals surface area contributed by atoms with E-state index >= 15 is 0 Å². The first-order valence-electron chi connectivity index (χ1n) is 8.06. The third kappa shape index (κ3) is 4.65. The Bertz CT molecular complexity index is 451. The Morgan fingerprint density at radius 2 is 1.50 bits per heavy atom. The first-order valence-corrected chi connectivity index (χ1v) is 11.0. The largest absolute Gasteiger partial charge is 0.410 e. The minimum Gasteiger partial charge on any atom is -0.410 e. The molecule has 1 rings (SSSR count). The molecule has 0 bridgehead atoms. The van der Waals surface area contributed by atoms with Crippen LogP contribution in [0.4, 0.5) is 0 Å². The maximum Gasteiger partial charge on any atom is 0.192 e. The smallest absolute Gasteiger partial charge is 0.192 e. The quantitative estimate of drug-likeness (QED) is 0.774. The minimum atomic E-state index is -1.99. The molecule has 3 nitrogen and oxygen atoms in total. The fraction of sp³-hybridized carbons (Fsp3) is 0.667. The Morgan fingerprint density at radius 1 is 1.00 bits per heavy atom. The summed E-state index contributed by atoms with van der Waals surface area (Å²) in [5.41, 5.74) is 1.06. The van der Waals surface area contributed by atoms with Crippen LogP contribution in [-0.2, 0) is 4.43 Å². The maximum atomic E-state index is 10.3. The second kappa shape index (κ2) is 7.26. The standard InChI is InChI=1S/C18H32O3Si/c1-13(16(20)14(2)19)17(15-11-9-8-10-12-15)21-22(6,7)18(3,4)5/h8-14,16-17,19-20H,1-7H3/t13-,14-,16+,17-/m0/s1. The molecule has 0 aliphatic carbocycles. The molecule has 126 valence electrons. The number of aliphatic hydroxyl groups excluding tert-OH is 2. The SMILES string of the molecule is C[C@@H]([C@@H](O)[C@H](C)O)[C@H](O[Si](C)(C)C(C)(C)C)c1ccccc1. The molecule has 0 aliphatic rings. The van der Waals surface area contributed by atoms with Gasteiger partial charge in [0.2, 0.25) is 0 Å². The van der Waals surface area contributed by atoms with E-state index in [0.717, 1.165) is 5.56 Å². The van der Waals surface area contributed by atoms with Gasteiger partial charge in [-0.25, -0.2) is 0 Å². The lowest BCUT2D eigenvalue weighted by molar-refractivity contribution is -0.0414. The number of hydrogen-bond acceptors (Lipinski definition) is 3. The van der Waals surface area contributed by atoms with Crippen molar-refractivity contribution < 1.29 is 14.6 Å². The predicted molar refractivity (Wildman–Crippen MR) is 94.3 cm³/mol. The zero-order valence-corrected chi connectivity index (χ0v) is 16.0. The van der Waals surface area contributed by atoms with E-state index in [0.29, 0.717) is 0 Å². The lowest BCUT2D eigenvalue weighted by Crippen LogP contribution is -2.45. The molecular weight excluding hydrogens is 292 g/mol. The summed E-state index contributed by atoms with van der Waals surface area (Å²) >= 11 is 0. The van der Waals surface area contributed by atoms with Crippen LogP contribution in [-0.4, -0.2) is 30.7 Å². The van der Waals surface area contributed by atoms with Crippen LogP contribution in [0.3, 0.4) is 0 Å². The number of hydrogen-bond donors (Lipinski definition) is 2. The van der Waals surface area contributed by atoms with Crippen molar-refractivity contribution in [2.24, 2.45) is 5.92 Å². The molecule has 0 saturated heterocycles. The van der Waals surface area contributed by atoms with Gasteiger partial charge in [-0.3, -0.25) is 0 Å². The van der Waals surface area contributed by atoms with Gasteiger partial charge in [-0.05, 0) is 30.6 Å². The van der Waals surface area contributed by atoms with E-state index in [1.165, 1.54) is 0 Å². The molecule has 4 heteroatoms. The van der Waals surface area contributed by atoms with Crippen molar-refractivity contribution in [2.45, 2.75) is 71.1 Å². The number of benzene rings is 1. The highest BCUT2D eigenvalue weighted by atomic mass is 28.4. The molecule has 1 aromatic carbocycles. The van der Waals surface area contributed by atoms with Crippen molar-refractivity contribution >= 4 is 8.32 Å². The molecule has 0 saturated carbocycles. The summed E-state index contributed by atoms with van der Waals surface area (Å²) < 4.78 is 6.59. The normalized spacial score (nSPS) is 18.6. The molecule has 0 fully saturated rings. The summed E-state index contributed by atoms with van der Waals surface area (Å²) in [7, 11) is -1.99. The van der Waals surface area contributed by atoms with Crippen LogP contribution in [0.15, 0.2) is 30.3 Å². The van der Waals surface area contributed by atoms with Crippen LogP contribution in [0.1, 0.15) is 46.3 Å². The van der Waals surface area contributed by atoms with Crippen molar-refractivity contribution in [3.63, 3.8) is 0 Å². The highest BCUT2D eigenvalue weighted by molar-refractivity contribution is 6.74. The van der Waals surface area contributed by atoms with Gasteiger partial charge < -0.3 is 14.6 Å². The molecule has 0 amide bonds. The molecule has 4 atom stereocenters. The van der Waals surface area contributed by atoms with E-state index < -0.39 is 20.5 Å². The number of aliphatic hydroxyl groups is 2. The van der Waals surface area contributed by atoms with Crippen LogP contribution in [0.5, 0.6) is 0 Å². The molecule has 0 aromatic heterocycles. The average molecular weight is 325 g/mol. The molecule has 0 heterocycles. The van der Waals surface area contributed by atoms with Gasteiger partial charge in [-0.15, -0.1) is 0 Å². The summed E-state index contributed by atoms with van der Waals surface area (Å²) in [6.45, 7) is 14.6. The third-order valence-electron chi connectivity index (χ3n) is 4.87. The van der Waals surface area contributed by atoms with Crippen molar-refractivity contribution in [2.75, 3.05) is 0 Å². The van der Waals surface area contributed by atoms with Gasteiger partial charge in [-0.1, -0.05) is 58.0 Å². The number of rotatable bonds is 6. The predicted octanol–water partition coefficient (Wildman–Crippen LogP) is 4.13. The average Bonchev–Trinajstić information content (AvgIpc) is 2.42. The first-order chi connectivity index (χ1) is 9.97. The summed E-state index contributed by atoms with van der Waals surface area (Å²) in [5, 5.41) is 20.2. The summed E-state index contributed by atoms with van der Waals surface area (Å²) in [5.74, 6) is -0.184. The van der Waals surface area contributed by atoms with Gasteiger partial charge in [0.1, 0.15) is 0 Å². The van der Waals surface area contributed by atoms with Crippen LogP contribution in [0.25, 0.3) is 0 Å². The molecule has 0 radical (unpaired) electrons. The van der Waals surface area contributed by atoms with Crippen LogP contribution < -0.4 is 0 Å². The Labute approximate surface area is 136 Å². The zero-order chi connectivity index (χ0) is 17.1. The monoisotopic (exact) mass is 324 g/mol. The molecule has 22 heavy (non-hydrogen) atoms. The second-order valence-electron chi connectivity index (χ2n) is 7.80. The fourth-order valence-electron chi connectivity index (χ4n) is 2.23. The second-order valence-corrected chi connectivity index (χ2v) is 12.6. The maximum absolute atomic E-state index is 10.3. The molecule has 0 unspecified atom stereocenters. The van der Waals surface area contributed by atoms with Gasteiger partial charge in [0.05, 0.1) is 18.3 Å². The van der Waals surface area contributed by atoms with Gasteiger partial charge in [0.15, 0.2) is 8.32 Å². The first kappa shape index (κ1) is 19.4. The van der Waals surface area contributed by atoms with Crippen LogP contribution in [0.2, 0.25) is 18.1 Å². The van der Waals surface area contributed by atoms with Gasteiger partial charge in [-0.2, -0.15) is 0 Å². The van der Waals surface area contributed by atoms with Crippen molar-refractivity contribution in [3.05, 3.63) is 35.9 Å². The molecule has 2 N–H and O–H groups in total. The van der Waals surface area contributed by atoms with Crippen molar-refractivity contribution in [1.29, 1.82) is 0 Å². The Kier molecular flexibility index (Phi) is 6.39. The highest BCUT2D eigenvalue weighted by Gasteiger charge is 2.41. The van der Waals surface area contributed by atoms with Crippen LogP contribution in [0, 0.1) is 5.92 Å². The molecule has 0 spiro atoms. The lowest BCUT2D eigenvalue weighted by Gasteiger charge is -2.42. The van der Waals surface area contributed by atoms with Gasteiger partial charge in [0, 0.05) is 5.92 Å². The van der Waals surface area contributed by atoms with E-state index in [1.54, 1.807) is 6.92 Å². The van der Waals surface area contributed by atoms with E-state index in [-0.39, 0.29) is 17.1 Å². The molecule has 1 aromatic rings. The summed E-state index contributed by atoms with van der Waals surface area (Å²) in [4.78, 5) is 0. The van der Waals surface area contributed by atoms with Crippen molar-refractivity contribution in [1.82, 2.24) is 0 Å². The Morgan fingerprint density at radius 3 is 1.91 bits per heavy atom. The van der Waals surface area contributed by atoms with Crippen LogP contribution >= 0.6 is 0 Å². The molecule has 0 aliphatic heterocycles. The van der Waals surface area contributed by atoms with E-state index in [1.807, 2.05) is 37.3 Å². The summed E-state index contributed by atoms with van der Waals surface area (Å²) in [6.07, 6.45) is -1.80. The third-order valence-corrected chi connectivity index (χ3v) is 9.32. The van der Waals surface area contributed by atoms with Crippen molar-refractivity contribution in [3.8, 4) is 0 Å². The minimum absolute atomic E-state index is 0.0928. The van der Waals surface area contributed by atoms with E-state index in [4.69, 9.17) is 4.43 Å². The topological polar surface area (TPSA) is 49.7 Å². The zero-order valence-electron chi connectivity index (χ0n) is 15.0. The Hall–Kier alpha value is -0.683. The molecular formula is C18H32O3Si.